The van der Waals surface area contributed by atoms with Gasteiger partial charge in [-0.2, -0.15) is 0 Å². The Morgan fingerprint density at radius 3 is 2.70 bits per heavy atom. The van der Waals surface area contributed by atoms with Gasteiger partial charge in [-0.3, -0.25) is 0 Å². The Labute approximate surface area is 120 Å². The van der Waals surface area contributed by atoms with Crippen molar-refractivity contribution in [2.75, 3.05) is 0 Å². The number of nitrogens with two attached hydrogens (primary N) is 1. The zero-order chi connectivity index (χ0) is 14.5. The van der Waals surface area contributed by atoms with Crippen LogP contribution < -0.4 is 10.5 Å². The van der Waals surface area contributed by atoms with Crippen LogP contribution in [0.5, 0.6) is 11.5 Å². The summed E-state index contributed by atoms with van der Waals surface area (Å²) in [5.74, 6) is 0.437. The first-order valence-corrected chi connectivity index (χ1v) is 6.16. The minimum absolute atomic E-state index is 0.124. The van der Waals surface area contributed by atoms with Crippen LogP contribution in [0.15, 0.2) is 47.6 Å². The lowest BCUT2D eigenvalue weighted by atomic mass is 10.2. The van der Waals surface area contributed by atoms with Gasteiger partial charge in [0.25, 0.3) is 0 Å². The number of rotatable bonds is 4. The van der Waals surface area contributed by atoms with E-state index in [1.54, 1.807) is 36.4 Å². The maximum absolute atomic E-state index is 9.39. The van der Waals surface area contributed by atoms with Crippen molar-refractivity contribution in [3.8, 4) is 11.5 Å². The van der Waals surface area contributed by atoms with E-state index < -0.39 is 0 Å². The molecule has 0 heterocycles. The highest BCUT2D eigenvalue weighted by Crippen LogP contribution is 2.27. The molecule has 0 aliphatic carbocycles. The monoisotopic (exact) mass is 292 g/mol. The molecule has 0 saturated heterocycles. The predicted molar refractivity (Wildman–Crippen MR) is 76.4 cm³/mol. The number of phenols is 1. The summed E-state index contributed by atoms with van der Waals surface area (Å²) < 4.78 is 5.61. The Morgan fingerprint density at radius 2 is 2.00 bits per heavy atom. The van der Waals surface area contributed by atoms with Gasteiger partial charge < -0.3 is 20.8 Å². The first kappa shape index (κ1) is 14.0. The summed E-state index contributed by atoms with van der Waals surface area (Å²) in [6, 6.07) is 11.7. The Kier molecular flexibility index (Phi) is 4.32. The molecule has 0 radical (unpaired) electrons. The van der Waals surface area contributed by atoms with Crippen LogP contribution in [-0.2, 0) is 6.61 Å². The molecule has 2 aromatic rings. The Morgan fingerprint density at radius 1 is 1.25 bits per heavy atom. The van der Waals surface area contributed by atoms with Gasteiger partial charge in [0, 0.05) is 0 Å². The van der Waals surface area contributed by atoms with Crippen molar-refractivity contribution in [3.05, 3.63) is 58.6 Å². The lowest BCUT2D eigenvalue weighted by molar-refractivity contribution is 0.302. The van der Waals surface area contributed by atoms with Crippen LogP contribution in [0.25, 0.3) is 0 Å². The van der Waals surface area contributed by atoms with Gasteiger partial charge in [0.1, 0.15) is 18.1 Å². The number of aromatic hydroxyl groups is 1. The second-order valence-electron chi connectivity index (χ2n) is 4.06. The number of ether oxygens (including phenoxy) is 1. The lowest BCUT2D eigenvalue weighted by Gasteiger charge is -2.12. The number of hydrogen-bond acceptors (Lipinski definition) is 4. The third kappa shape index (κ3) is 3.13. The summed E-state index contributed by atoms with van der Waals surface area (Å²) in [7, 11) is 0. The van der Waals surface area contributed by atoms with E-state index in [2.05, 4.69) is 5.16 Å². The van der Waals surface area contributed by atoms with Crippen molar-refractivity contribution < 1.29 is 15.1 Å². The zero-order valence-corrected chi connectivity index (χ0v) is 11.2. The molecule has 4 N–H and O–H groups in total. The highest BCUT2D eigenvalue weighted by atomic mass is 35.5. The maximum atomic E-state index is 9.39. The number of benzene rings is 2. The molecule has 20 heavy (non-hydrogen) atoms. The first-order chi connectivity index (χ1) is 9.61. The Balaban J connectivity index is 2.24. The van der Waals surface area contributed by atoms with Crippen LogP contribution in [0.2, 0.25) is 5.02 Å². The van der Waals surface area contributed by atoms with Gasteiger partial charge in [0.2, 0.25) is 0 Å². The SMILES string of the molecule is N/C(=N/O)c1c(Cl)cccc1OCc1cccc(O)c1. The van der Waals surface area contributed by atoms with Crippen molar-refractivity contribution in [3.63, 3.8) is 0 Å². The molecule has 0 fully saturated rings. The highest BCUT2D eigenvalue weighted by molar-refractivity contribution is 6.34. The van der Waals surface area contributed by atoms with Gasteiger partial charge in [-0.05, 0) is 29.8 Å². The molecular formula is C14H13ClN2O3. The van der Waals surface area contributed by atoms with Gasteiger partial charge in [-0.1, -0.05) is 35.0 Å². The predicted octanol–water partition coefficient (Wildman–Crippen LogP) is 2.72. The molecular weight excluding hydrogens is 280 g/mol. The van der Waals surface area contributed by atoms with E-state index in [1.807, 2.05) is 6.07 Å². The molecule has 0 amide bonds. The summed E-state index contributed by atoms with van der Waals surface area (Å²) in [5, 5.41) is 21.4. The fraction of sp³-hybridized carbons (Fsp3) is 0.0714. The molecule has 0 aromatic heterocycles. The van der Waals surface area contributed by atoms with Crippen molar-refractivity contribution in [1.82, 2.24) is 0 Å². The van der Waals surface area contributed by atoms with E-state index in [0.717, 1.165) is 5.56 Å². The molecule has 0 spiro atoms. The molecule has 0 aliphatic rings. The van der Waals surface area contributed by atoms with Gasteiger partial charge >= 0.3 is 0 Å². The average Bonchev–Trinajstić information content (AvgIpc) is 2.44. The van der Waals surface area contributed by atoms with Crippen LogP contribution in [0.4, 0.5) is 0 Å². The van der Waals surface area contributed by atoms with Gasteiger partial charge in [-0.15, -0.1) is 0 Å². The van der Waals surface area contributed by atoms with Gasteiger partial charge in [0.15, 0.2) is 5.84 Å². The van der Waals surface area contributed by atoms with Crippen LogP contribution in [0.1, 0.15) is 11.1 Å². The summed E-state index contributed by atoms with van der Waals surface area (Å²) in [5.41, 5.74) is 6.70. The quantitative estimate of drug-likeness (QED) is 0.350. The smallest absolute Gasteiger partial charge is 0.175 e. The summed E-state index contributed by atoms with van der Waals surface area (Å²) in [6.07, 6.45) is 0. The number of amidine groups is 1. The molecule has 104 valence electrons. The zero-order valence-electron chi connectivity index (χ0n) is 10.5. The number of nitrogens with zero attached hydrogens (tertiary/aromatic N) is 1. The molecule has 0 saturated carbocycles. The molecule has 6 heteroatoms. The molecule has 5 nitrogen and oxygen atoms in total. The lowest BCUT2D eigenvalue weighted by Crippen LogP contribution is -2.15. The minimum atomic E-state index is -0.124. The second kappa shape index (κ2) is 6.16. The topological polar surface area (TPSA) is 88.1 Å². The third-order valence-corrected chi connectivity index (χ3v) is 2.96. The Hall–Kier alpha value is -2.40. The van der Waals surface area contributed by atoms with E-state index in [4.69, 9.17) is 27.3 Å². The fourth-order valence-electron chi connectivity index (χ4n) is 1.73. The van der Waals surface area contributed by atoms with E-state index in [-0.39, 0.29) is 18.2 Å². The van der Waals surface area contributed by atoms with Crippen molar-refractivity contribution in [2.24, 2.45) is 10.9 Å². The first-order valence-electron chi connectivity index (χ1n) is 5.79. The highest BCUT2D eigenvalue weighted by Gasteiger charge is 2.13. The summed E-state index contributed by atoms with van der Waals surface area (Å²) in [6.45, 7) is 0.223. The van der Waals surface area contributed by atoms with Crippen LogP contribution >= 0.6 is 11.6 Å². The standard InChI is InChI=1S/C14H13ClN2O3/c15-11-5-2-6-12(13(11)14(16)17-19)20-8-9-3-1-4-10(18)7-9/h1-7,18-19H,8H2,(H2,16,17). The largest absolute Gasteiger partial charge is 0.508 e. The van der Waals surface area contributed by atoms with Crippen molar-refractivity contribution >= 4 is 17.4 Å². The minimum Gasteiger partial charge on any atom is -0.508 e. The van der Waals surface area contributed by atoms with E-state index in [9.17, 15) is 5.11 Å². The molecule has 0 aliphatic heterocycles. The summed E-state index contributed by atoms with van der Waals surface area (Å²) in [4.78, 5) is 0. The summed E-state index contributed by atoms with van der Waals surface area (Å²) >= 11 is 6.02. The number of phenolic OH excluding ortho intramolecular Hbond substituents is 1. The molecule has 2 rings (SSSR count). The van der Waals surface area contributed by atoms with E-state index >= 15 is 0 Å². The van der Waals surface area contributed by atoms with Crippen LogP contribution in [0.3, 0.4) is 0 Å². The average molecular weight is 293 g/mol. The van der Waals surface area contributed by atoms with Crippen molar-refractivity contribution in [1.29, 1.82) is 0 Å². The number of oxime groups is 1. The normalized spacial score (nSPS) is 11.3. The van der Waals surface area contributed by atoms with Crippen LogP contribution in [0, 0.1) is 0 Å². The number of halogens is 1. The molecule has 2 aromatic carbocycles. The molecule has 0 atom stereocenters. The fourth-order valence-corrected chi connectivity index (χ4v) is 1.99. The van der Waals surface area contributed by atoms with Crippen LogP contribution in [-0.4, -0.2) is 16.1 Å². The maximum Gasteiger partial charge on any atom is 0.175 e. The molecule has 0 bridgehead atoms. The number of hydrogen-bond donors (Lipinski definition) is 3. The van der Waals surface area contributed by atoms with Gasteiger partial charge in [0.05, 0.1) is 10.6 Å². The molecule has 0 unspecified atom stereocenters. The van der Waals surface area contributed by atoms with E-state index in [1.165, 1.54) is 0 Å². The Bertz CT molecular complexity index is 644. The van der Waals surface area contributed by atoms with E-state index in [0.29, 0.717) is 16.3 Å². The third-order valence-electron chi connectivity index (χ3n) is 2.64. The second-order valence-corrected chi connectivity index (χ2v) is 4.46. The van der Waals surface area contributed by atoms with Gasteiger partial charge in [-0.25, -0.2) is 0 Å². The van der Waals surface area contributed by atoms with Crippen molar-refractivity contribution in [2.45, 2.75) is 6.61 Å².